The summed E-state index contributed by atoms with van der Waals surface area (Å²) in [6.45, 7) is 5.18. The van der Waals surface area contributed by atoms with Crippen molar-refractivity contribution in [3.8, 4) is 17.2 Å². The van der Waals surface area contributed by atoms with Gasteiger partial charge in [-0.1, -0.05) is 0 Å². The number of hydrogen-bond donors (Lipinski definition) is 0. The molecule has 0 bridgehead atoms. The zero-order valence-electron chi connectivity index (χ0n) is 20.5. The number of ether oxygens (including phenoxy) is 8. The second-order valence-electron chi connectivity index (χ2n) is 7.41. The van der Waals surface area contributed by atoms with E-state index in [0.717, 1.165) is 0 Å². The van der Waals surface area contributed by atoms with Gasteiger partial charge in [0.15, 0.2) is 17.6 Å². The summed E-state index contributed by atoms with van der Waals surface area (Å²) in [6, 6.07) is 2.83. The summed E-state index contributed by atoms with van der Waals surface area (Å²) < 4.78 is 43.4. The van der Waals surface area contributed by atoms with E-state index in [9.17, 15) is 19.2 Å². The van der Waals surface area contributed by atoms with Gasteiger partial charge in [-0.25, -0.2) is 4.79 Å². The zero-order chi connectivity index (χ0) is 26.1. The Labute approximate surface area is 202 Å². The lowest BCUT2D eigenvalue weighted by atomic mass is 10.0. The average molecular weight is 498 g/mol. The van der Waals surface area contributed by atoms with Crippen molar-refractivity contribution in [2.45, 2.75) is 58.7 Å². The average Bonchev–Trinajstić information content (AvgIpc) is 2.78. The molecule has 35 heavy (non-hydrogen) atoms. The smallest absolute Gasteiger partial charge is 0.338 e. The van der Waals surface area contributed by atoms with Gasteiger partial charge in [0.1, 0.15) is 18.8 Å². The van der Waals surface area contributed by atoms with Crippen molar-refractivity contribution in [1.82, 2.24) is 0 Å². The Hall–Kier alpha value is -3.54. The highest BCUT2D eigenvalue weighted by atomic mass is 16.7. The molecule has 0 spiro atoms. The second kappa shape index (κ2) is 12.8. The molecule has 0 aromatic heterocycles. The lowest BCUT2D eigenvalue weighted by molar-refractivity contribution is -0.246. The molecule has 0 radical (unpaired) electrons. The van der Waals surface area contributed by atoms with Crippen LogP contribution in [0.2, 0.25) is 0 Å². The number of carbonyl (C=O) groups excluding carboxylic acids is 4. The van der Waals surface area contributed by atoms with Gasteiger partial charge in [0.05, 0.1) is 32.8 Å². The summed E-state index contributed by atoms with van der Waals surface area (Å²) in [5.74, 6) is -2.01. The van der Waals surface area contributed by atoms with Gasteiger partial charge in [-0.15, -0.1) is 0 Å². The normalized spacial score (nSPS) is 21.3. The molecule has 0 saturated carbocycles. The minimum atomic E-state index is -1.07. The van der Waals surface area contributed by atoms with E-state index in [0.29, 0.717) is 0 Å². The van der Waals surface area contributed by atoms with Gasteiger partial charge in [-0.3, -0.25) is 14.4 Å². The summed E-state index contributed by atoms with van der Waals surface area (Å²) in [7, 11) is 2.75. The van der Waals surface area contributed by atoms with E-state index < -0.39 is 48.5 Å². The number of esters is 4. The fourth-order valence-electron chi connectivity index (χ4n) is 3.43. The van der Waals surface area contributed by atoms with Crippen molar-refractivity contribution in [2.75, 3.05) is 27.4 Å². The first-order valence-corrected chi connectivity index (χ1v) is 10.8. The molecule has 1 aliphatic rings. The van der Waals surface area contributed by atoms with E-state index in [4.69, 9.17) is 37.9 Å². The Morgan fingerprint density at radius 1 is 0.914 bits per heavy atom. The first kappa shape index (κ1) is 27.7. The number of hydrogen-bond acceptors (Lipinski definition) is 12. The predicted octanol–water partition coefficient (Wildman–Crippen LogP) is 1.80. The van der Waals surface area contributed by atoms with Crippen LogP contribution in [0.25, 0.3) is 0 Å². The molecule has 1 fully saturated rings. The molecule has 2 rings (SSSR count). The Balaban J connectivity index is 2.39. The monoisotopic (exact) mass is 498 g/mol. The first-order chi connectivity index (χ1) is 16.6. The van der Waals surface area contributed by atoms with Gasteiger partial charge in [-0.2, -0.15) is 0 Å². The fraction of sp³-hybridized carbons (Fsp3) is 0.565. The van der Waals surface area contributed by atoms with Crippen LogP contribution in [0.4, 0.5) is 0 Å². The van der Waals surface area contributed by atoms with Crippen molar-refractivity contribution in [1.29, 1.82) is 0 Å². The van der Waals surface area contributed by atoms with E-state index in [-0.39, 0.29) is 42.4 Å². The van der Waals surface area contributed by atoms with Crippen LogP contribution >= 0.6 is 0 Å². The van der Waals surface area contributed by atoms with Gasteiger partial charge in [0.2, 0.25) is 12.0 Å². The third-order valence-electron chi connectivity index (χ3n) is 4.78. The lowest BCUT2D eigenvalue weighted by Crippen LogP contribution is -2.54. The molecule has 1 aromatic rings. The molecule has 1 heterocycles. The molecular weight excluding hydrogens is 468 g/mol. The minimum Gasteiger partial charge on any atom is -0.493 e. The topological polar surface area (TPSA) is 142 Å². The summed E-state index contributed by atoms with van der Waals surface area (Å²) in [5.41, 5.74) is 0.179. The number of benzene rings is 1. The number of methoxy groups -OCH3 is 2. The summed E-state index contributed by atoms with van der Waals surface area (Å²) in [4.78, 5) is 47.0. The van der Waals surface area contributed by atoms with Gasteiger partial charge in [-0.05, 0) is 19.1 Å². The molecule has 12 nitrogen and oxygen atoms in total. The second-order valence-corrected chi connectivity index (χ2v) is 7.41. The number of rotatable bonds is 10. The van der Waals surface area contributed by atoms with Gasteiger partial charge < -0.3 is 37.9 Å². The SMILES string of the molecule is CCOC(=O)c1cc(OC)c(OC2C[C@@H](OC(C)=O)[C@H](OC(C)=O)[C@@H](COC(C)=O)O2)c(OC)c1. The Bertz CT molecular complexity index is 902. The maximum absolute atomic E-state index is 12.2. The Kier molecular flexibility index (Phi) is 10.1. The van der Waals surface area contributed by atoms with Crippen molar-refractivity contribution < 1.29 is 57.1 Å². The molecule has 0 N–H and O–H groups in total. The van der Waals surface area contributed by atoms with Crippen LogP contribution in [-0.2, 0) is 38.1 Å². The largest absolute Gasteiger partial charge is 0.493 e. The highest BCUT2D eigenvalue weighted by Gasteiger charge is 2.45. The third-order valence-corrected chi connectivity index (χ3v) is 4.78. The molecule has 1 unspecified atom stereocenters. The van der Waals surface area contributed by atoms with Gasteiger partial charge in [0.25, 0.3) is 0 Å². The highest BCUT2D eigenvalue weighted by Crippen LogP contribution is 2.41. The summed E-state index contributed by atoms with van der Waals surface area (Å²) in [5, 5.41) is 0. The van der Waals surface area contributed by atoms with Crippen LogP contribution in [0.1, 0.15) is 44.5 Å². The van der Waals surface area contributed by atoms with E-state index in [2.05, 4.69) is 0 Å². The molecule has 1 saturated heterocycles. The van der Waals surface area contributed by atoms with Crippen LogP contribution in [0, 0.1) is 0 Å². The lowest BCUT2D eigenvalue weighted by Gasteiger charge is -2.40. The van der Waals surface area contributed by atoms with Crippen molar-refractivity contribution in [2.24, 2.45) is 0 Å². The van der Waals surface area contributed by atoms with Gasteiger partial charge in [0, 0.05) is 20.8 Å². The Morgan fingerprint density at radius 3 is 2.00 bits per heavy atom. The van der Waals surface area contributed by atoms with Crippen molar-refractivity contribution in [3.05, 3.63) is 17.7 Å². The van der Waals surface area contributed by atoms with Crippen molar-refractivity contribution in [3.63, 3.8) is 0 Å². The first-order valence-electron chi connectivity index (χ1n) is 10.8. The van der Waals surface area contributed by atoms with E-state index in [1.54, 1.807) is 6.92 Å². The van der Waals surface area contributed by atoms with Crippen LogP contribution in [0.15, 0.2) is 12.1 Å². The van der Waals surface area contributed by atoms with Crippen molar-refractivity contribution >= 4 is 23.9 Å². The molecule has 4 atom stereocenters. The van der Waals surface area contributed by atoms with E-state index >= 15 is 0 Å². The maximum atomic E-state index is 12.2. The third kappa shape index (κ3) is 7.74. The van der Waals surface area contributed by atoms with E-state index in [1.165, 1.54) is 47.1 Å². The summed E-state index contributed by atoms with van der Waals surface area (Å²) >= 11 is 0. The Morgan fingerprint density at radius 2 is 1.51 bits per heavy atom. The predicted molar refractivity (Wildman–Crippen MR) is 117 cm³/mol. The molecule has 0 amide bonds. The molecule has 194 valence electrons. The van der Waals surface area contributed by atoms with Crippen LogP contribution in [0.5, 0.6) is 17.2 Å². The molecule has 1 aromatic carbocycles. The van der Waals surface area contributed by atoms with Crippen LogP contribution in [0.3, 0.4) is 0 Å². The highest BCUT2D eigenvalue weighted by molar-refractivity contribution is 5.91. The fourth-order valence-corrected chi connectivity index (χ4v) is 3.43. The quantitative estimate of drug-likeness (QED) is 0.343. The van der Waals surface area contributed by atoms with E-state index in [1.807, 2.05) is 0 Å². The number of carbonyl (C=O) groups is 4. The maximum Gasteiger partial charge on any atom is 0.338 e. The zero-order valence-corrected chi connectivity index (χ0v) is 20.5. The van der Waals surface area contributed by atoms with Crippen LogP contribution < -0.4 is 14.2 Å². The molecule has 1 aliphatic heterocycles. The summed E-state index contributed by atoms with van der Waals surface area (Å²) in [6.07, 6.45) is -4.14. The minimum absolute atomic E-state index is 0.0416. The van der Waals surface area contributed by atoms with Gasteiger partial charge >= 0.3 is 23.9 Å². The van der Waals surface area contributed by atoms with Crippen LogP contribution in [-0.4, -0.2) is 75.9 Å². The molecule has 0 aliphatic carbocycles. The molecular formula is C23H30O12. The standard InChI is InChI=1S/C23H30O12/c1-7-30-23(27)15-8-16(28-5)21(17(9-15)29-6)35-20-10-18(32-13(3)25)22(33-14(4)26)19(34-20)11-31-12(2)24/h8-9,18-20,22H,7,10-11H2,1-6H3/t18-,19-,20?,22+/m1/s1. The molecule has 12 heteroatoms.